The summed E-state index contributed by atoms with van der Waals surface area (Å²) in [4.78, 5) is 4.39. The molecule has 0 unspecified atom stereocenters. The molecule has 0 bridgehead atoms. The van der Waals surface area contributed by atoms with Gasteiger partial charge < -0.3 is 5.32 Å². The third-order valence-corrected chi connectivity index (χ3v) is 2.63. The van der Waals surface area contributed by atoms with Gasteiger partial charge in [-0.15, -0.1) is 0 Å². The highest BCUT2D eigenvalue weighted by atomic mass is 14.9. The van der Waals surface area contributed by atoms with Crippen LogP contribution in [0.1, 0.15) is 5.56 Å². The van der Waals surface area contributed by atoms with Crippen molar-refractivity contribution in [2.24, 2.45) is 0 Å². The minimum absolute atomic E-state index is 1.00. The molecule has 0 radical (unpaired) electrons. The molecule has 15 heavy (non-hydrogen) atoms. The Morgan fingerprint density at radius 1 is 1.20 bits per heavy atom. The topological polar surface area (TPSA) is 24.9 Å². The highest BCUT2D eigenvalue weighted by molar-refractivity contribution is 5.99. The van der Waals surface area contributed by atoms with Crippen LogP contribution in [0.25, 0.3) is 16.5 Å². The van der Waals surface area contributed by atoms with E-state index in [0.29, 0.717) is 0 Å². The first-order valence-electron chi connectivity index (χ1n) is 4.86. The van der Waals surface area contributed by atoms with Gasteiger partial charge in [0.2, 0.25) is 0 Å². The van der Waals surface area contributed by atoms with Gasteiger partial charge in [0.05, 0.1) is 11.2 Å². The van der Waals surface area contributed by atoms with E-state index in [4.69, 9.17) is 0 Å². The fourth-order valence-corrected chi connectivity index (χ4v) is 1.87. The fraction of sp³-hybridized carbons (Fsp3) is 0. The lowest BCUT2D eigenvalue weighted by Crippen LogP contribution is -2.00. The zero-order valence-electron chi connectivity index (χ0n) is 8.20. The Morgan fingerprint density at radius 2 is 2.13 bits per heavy atom. The first-order valence-corrected chi connectivity index (χ1v) is 4.86. The Balaban J connectivity index is 2.41. The molecule has 0 spiro atoms. The summed E-state index contributed by atoms with van der Waals surface area (Å²) in [7, 11) is 0. The van der Waals surface area contributed by atoms with Crippen molar-refractivity contribution in [1.29, 1.82) is 0 Å². The third kappa shape index (κ3) is 1.15. The maximum absolute atomic E-state index is 4.39. The van der Waals surface area contributed by atoms with Gasteiger partial charge in [-0.2, -0.15) is 0 Å². The molecule has 1 aliphatic heterocycles. The van der Waals surface area contributed by atoms with Gasteiger partial charge in [0.15, 0.2) is 0 Å². The molecular weight excluding hydrogens is 184 g/mol. The molecule has 2 heteroatoms. The lowest BCUT2D eigenvalue weighted by molar-refractivity contribution is 1.39. The number of benzene rings is 1. The molecule has 1 N–H and O–H groups in total. The van der Waals surface area contributed by atoms with E-state index in [0.717, 1.165) is 27.7 Å². The molecule has 0 aliphatic carbocycles. The van der Waals surface area contributed by atoms with Crippen molar-refractivity contribution in [3.05, 3.63) is 54.9 Å². The summed E-state index contributed by atoms with van der Waals surface area (Å²) in [5.74, 6) is 0. The molecule has 0 amide bonds. The maximum Gasteiger partial charge on any atom is 0.0942 e. The van der Waals surface area contributed by atoms with Crippen molar-refractivity contribution in [2.75, 3.05) is 5.32 Å². The van der Waals surface area contributed by atoms with Crippen molar-refractivity contribution in [1.82, 2.24) is 4.98 Å². The van der Waals surface area contributed by atoms with Gasteiger partial charge >= 0.3 is 0 Å². The number of rotatable bonds is 0. The van der Waals surface area contributed by atoms with Crippen LogP contribution in [-0.4, -0.2) is 4.98 Å². The average Bonchev–Trinajstić information content (AvgIpc) is 2.29. The minimum Gasteiger partial charge on any atom is -0.359 e. The second kappa shape index (κ2) is 2.95. The van der Waals surface area contributed by atoms with E-state index in [1.807, 2.05) is 24.5 Å². The summed E-state index contributed by atoms with van der Waals surface area (Å²) < 4.78 is 0. The molecule has 1 aliphatic rings. The zero-order chi connectivity index (χ0) is 10.3. The lowest BCUT2D eigenvalue weighted by Gasteiger charge is -2.16. The largest absolute Gasteiger partial charge is 0.359 e. The van der Waals surface area contributed by atoms with E-state index in [2.05, 4.69) is 35.1 Å². The van der Waals surface area contributed by atoms with Gasteiger partial charge in [-0.3, -0.25) is 4.98 Å². The minimum atomic E-state index is 1.00. The second-order valence-electron chi connectivity index (χ2n) is 3.57. The number of hydrogen-bond donors (Lipinski definition) is 1. The van der Waals surface area contributed by atoms with Gasteiger partial charge in [0, 0.05) is 23.3 Å². The smallest absolute Gasteiger partial charge is 0.0942 e. The molecule has 3 rings (SSSR count). The van der Waals surface area contributed by atoms with Crippen LogP contribution in [0.2, 0.25) is 0 Å². The zero-order valence-corrected chi connectivity index (χ0v) is 8.20. The molecule has 0 fully saturated rings. The normalized spacial score (nSPS) is 13.7. The fourth-order valence-electron chi connectivity index (χ4n) is 1.87. The molecular formula is C13H10N2. The van der Waals surface area contributed by atoms with Crippen LogP contribution in [0.3, 0.4) is 0 Å². The summed E-state index contributed by atoms with van der Waals surface area (Å²) in [5.41, 5.74) is 4.21. The number of hydrogen-bond acceptors (Lipinski definition) is 2. The maximum atomic E-state index is 4.39. The van der Waals surface area contributed by atoms with E-state index in [1.54, 1.807) is 0 Å². The van der Waals surface area contributed by atoms with Crippen molar-refractivity contribution < 1.29 is 0 Å². The first-order chi connectivity index (χ1) is 7.36. The molecule has 2 heterocycles. The Morgan fingerprint density at radius 3 is 3.07 bits per heavy atom. The van der Waals surface area contributed by atoms with E-state index in [9.17, 15) is 0 Å². The summed E-state index contributed by atoms with van der Waals surface area (Å²) in [5, 5.41) is 4.38. The Hall–Kier alpha value is -2.09. The van der Waals surface area contributed by atoms with Gasteiger partial charge in [-0.25, -0.2) is 0 Å². The van der Waals surface area contributed by atoms with Crippen molar-refractivity contribution in [3.8, 4) is 0 Å². The van der Waals surface area contributed by atoms with Crippen LogP contribution >= 0.6 is 0 Å². The van der Waals surface area contributed by atoms with Crippen molar-refractivity contribution >= 4 is 22.2 Å². The number of pyridine rings is 1. The lowest BCUT2D eigenvalue weighted by atomic mass is 10.00. The van der Waals surface area contributed by atoms with Crippen LogP contribution in [0, 0.1) is 0 Å². The van der Waals surface area contributed by atoms with Crippen LogP contribution in [0.15, 0.2) is 49.3 Å². The van der Waals surface area contributed by atoms with Gasteiger partial charge in [0.25, 0.3) is 0 Å². The predicted octanol–water partition coefficient (Wildman–Crippen LogP) is 3.19. The van der Waals surface area contributed by atoms with Gasteiger partial charge in [-0.1, -0.05) is 24.8 Å². The molecule has 1 aromatic carbocycles. The highest BCUT2D eigenvalue weighted by Gasteiger charge is 2.11. The first kappa shape index (κ1) is 8.24. The third-order valence-electron chi connectivity index (χ3n) is 2.63. The number of nitrogens with zero attached hydrogens (tertiary/aromatic N) is 1. The standard InChI is InChI=1S/C13H10N2/c1-9-6-8-15-13-11(9)5-4-10-3-2-7-14-12(10)13/h2-8,15H,1H2. The molecule has 1 aromatic heterocycles. The Kier molecular flexibility index (Phi) is 1.62. The van der Waals surface area contributed by atoms with Crippen LogP contribution in [-0.2, 0) is 0 Å². The summed E-state index contributed by atoms with van der Waals surface area (Å²) >= 11 is 0. The number of allylic oxidation sites excluding steroid dienone is 2. The van der Waals surface area contributed by atoms with Crippen molar-refractivity contribution in [3.63, 3.8) is 0 Å². The van der Waals surface area contributed by atoms with Crippen LogP contribution in [0.5, 0.6) is 0 Å². The number of nitrogens with one attached hydrogen (secondary N) is 1. The second-order valence-corrected chi connectivity index (χ2v) is 3.57. The number of anilines is 1. The molecule has 2 nitrogen and oxygen atoms in total. The molecule has 72 valence electrons. The highest BCUT2D eigenvalue weighted by Crippen LogP contribution is 2.32. The van der Waals surface area contributed by atoms with Crippen molar-refractivity contribution in [2.45, 2.75) is 0 Å². The Bertz CT molecular complexity index is 582. The summed E-state index contributed by atoms with van der Waals surface area (Å²) in [6, 6.07) is 8.17. The summed E-state index contributed by atoms with van der Waals surface area (Å²) in [6.45, 7) is 4.01. The van der Waals surface area contributed by atoms with Crippen LogP contribution in [0.4, 0.5) is 5.69 Å². The summed E-state index contributed by atoms with van der Waals surface area (Å²) in [6.07, 6.45) is 5.68. The van der Waals surface area contributed by atoms with E-state index in [1.165, 1.54) is 0 Å². The number of fused-ring (bicyclic) bond motifs is 3. The molecule has 0 atom stereocenters. The van der Waals surface area contributed by atoms with E-state index >= 15 is 0 Å². The Labute approximate surface area is 88.0 Å². The van der Waals surface area contributed by atoms with Crippen LogP contribution < -0.4 is 5.32 Å². The molecule has 0 saturated carbocycles. The van der Waals surface area contributed by atoms with E-state index < -0.39 is 0 Å². The van der Waals surface area contributed by atoms with Gasteiger partial charge in [0.1, 0.15) is 0 Å². The quantitative estimate of drug-likeness (QED) is 0.696. The molecule has 2 aromatic rings. The SMILES string of the molecule is C=C1C=CNc2c1ccc1cccnc21. The molecule has 0 saturated heterocycles. The number of aromatic nitrogens is 1. The average molecular weight is 194 g/mol. The van der Waals surface area contributed by atoms with E-state index in [-0.39, 0.29) is 0 Å². The van der Waals surface area contributed by atoms with Gasteiger partial charge in [-0.05, 0) is 17.7 Å². The predicted molar refractivity (Wildman–Crippen MR) is 63.5 cm³/mol. The monoisotopic (exact) mass is 194 g/mol.